The van der Waals surface area contributed by atoms with Crippen LogP contribution in [0.3, 0.4) is 0 Å². The summed E-state index contributed by atoms with van der Waals surface area (Å²) in [6, 6.07) is 25.9. The zero-order chi connectivity index (χ0) is 39.4. The van der Waals surface area contributed by atoms with Crippen molar-refractivity contribution in [2.24, 2.45) is 0 Å². The van der Waals surface area contributed by atoms with Crippen molar-refractivity contribution in [3.05, 3.63) is 132 Å². The number of aromatic nitrogens is 8. The predicted molar refractivity (Wildman–Crippen MR) is 204 cm³/mol. The fraction of sp³-hybridized carbons (Fsp3) is 0.200. The van der Waals surface area contributed by atoms with Gasteiger partial charge in [-0.2, -0.15) is 10.2 Å². The quantitative estimate of drug-likeness (QED) is 0.210. The largest absolute Gasteiger partial charge is 0.267 e. The Morgan fingerprint density at radius 3 is 1.59 bits per heavy atom. The van der Waals surface area contributed by atoms with Crippen LogP contribution in [0.1, 0.15) is 22.5 Å². The molecule has 0 radical (unpaired) electrons. The van der Waals surface area contributed by atoms with Crippen LogP contribution >= 0.6 is 0 Å². The minimum Gasteiger partial charge on any atom is -0.260 e. The van der Waals surface area contributed by atoms with E-state index in [2.05, 4.69) is 45.1 Å². The fourth-order valence-electron chi connectivity index (χ4n) is 4.51. The SMILES string of the molecule is CS(=O)(=O)NCc1ccccn1.Cc1ccccc1-c1cnnc(N(Cc2ccccn2)S(C)(=O)=O)n1.Cc1ccccc1-c1cnnc(S(C)(=O)=O)n1. The highest BCUT2D eigenvalue weighted by molar-refractivity contribution is 7.92. The molecular weight excluding hydrogens is 753 g/mol. The summed E-state index contributed by atoms with van der Waals surface area (Å²) < 4.78 is 71.9. The summed E-state index contributed by atoms with van der Waals surface area (Å²) in [5.74, 6) is 0.0221. The van der Waals surface area contributed by atoms with Crippen LogP contribution in [0.25, 0.3) is 22.5 Å². The maximum absolute atomic E-state index is 12.2. The molecule has 54 heavy (non-hydrogen) atoms. The number of benzene rings is 2. The molecule has 0 amide bonds. The van der Waals surface area contributed by atoms with Crippen LogP contribution in [0.5, 0.6) is 0 Å². The third kappa shape index (κ3) is 12.8. The summed E-state index contributed by atoms with van der Waals surface area (Å²) in [4.78, 5) is 16.6. The minimum absolute atomic E-state index is 0.0221. The number of hydrogen-bond acceptors (Lipinski definition) is 14. The maximum atomic E-state index is 12.2. The Labute approximate surface area is 314 Å². The molecule has 0 saturated heterocycles. The van der Waals surface area contributed by atoms with Crippen molar-refractivity contribution in [1.82, 2.24) is 45.1 Å². The van der Waals surface area contributed by atoms with Gasteiger partial charge in [-0.1, -0.05) is 60.7 Å². The Morgan fingerprint density at radius 2 is 1.11 bits per heavy atom. The number of pyridine rings is 2. The monoisotopic (exact) mass is 790 g/mol. The zero-order valence-electron chi connectivity index (χ0n) is 30.0. The molecule has 0 spiro atoms. The van der Waals surface area contributed by atoms with Crippen LogP contribution in [0.2, 0.25) is 0 Å². The Balaban J connectivity index is 0.000000194. The van der Waals surface area contributed by atoms with E-state index in [1.807, 2.05) is 68.4 Å². The van der Waals surface area contributed by atoms with Gasteiger partial charge in [-0.3, -0.25) is 9.97 Å². The second-order valence-electron chi connectivity index (χ2n) is 11.7. The average molecular weight is 791 g/mol. The summed E-state index contributed by atoms with van der Waals surface area (Å²) in [5, 5.41) is 14.8. The number of aryl methyl sites for hydroxylation is 2. The molecule has 6 rings (SSSR count). The van der Waals surface area contributed by atoms with Gasteiger partial charge in [0.15, 0.2) is 0 Å². The van der Waals surface area contributed by atoms with Gasteiger partial charge in [-0.25, -0.2) is 44.2 Å². The lowest BCUT2D eigenvalue weighted by molar-refractivity contribution is 0.586. The van der Waals surface area contributed by atoms with Crippen LogP contribution in [0.4, 0.5) is 5.95 Å². The van der Waals surface area contributed by atoms with Crippen molar-refractivity contribution in [2.45, 2.75) is 32.1 Å². The zero-order valence-corrected chi connectivity index (χ0v) is 32.5. The number of sulfonamides is 2. The standard InChI is InChI=1S/C17H17N5O2S.C11H11N3O2S.C7H10N2O2S/c1-13-7-3-4-9-15(13)16-11-19-21-17(20-16)22(25(2,23)24)12-14-8-5-6-10-18-14;1-8-5-3-4-6-9(8)10-7-12-14-11(13-10)17(2,15)16;1-12(10,11)9-6-7-4-2-3-5-8-7/h3-11H,12H2,1-2H3;3-7H,1-2H3;2-5,9H,6H2,1H3. The van der Waals surface area contributed by atoms with Crippen molar-refractivity contribution in [2.75, 3.05) is 23.1 Å². The molecule has 0 aliphatic carbocycles. The number of nitrogens with zero attached hydrogens (tertiary/aromatic N) is 9. The first-order chi connectivity index (χ1) is 25.5. The Morgan fingerprint density at radius 1 is 0.611 bits per heavy atom. The van der Waals surface area contributed by atoms with Gasteiger partial charge in [0.25, 0.3) is 11.1 Å². The molecule has 2 aromatic carbocycles. The highest BCUT2D eigenvalue weighted by Gasteiger charge is 2.22. The molecule has 4 heterocycles. The van der Waals surface area contributed by atoms with Crippen LogP contribution in [0, 0.1) is 13.8 Å². The van der Waals surface area contributed by atoms with E-state index in [0.29, 0.717) is 22.8 Å². The van der Waals surface area contributed by atoms with Gasteiger partial charge < -0.3 is 0 Å². The third-order valence-corrected chi connectivity index (χ3v) is 9.76. The van der Waals surface area contributed by atoms with E-state index in [-0.39, 0.29) is 24.2 Å². The summed E-state index contributed by atoms with van der Waals surface area (Å²) in [6.07, 6.45) is 9.50. The maximum Gasteiger partial charge on any atom is 0.267 e. The smallest absolute Gasteiger partial charge is 0.260 e. The molecule has 19 heteroatoms. The molecule has 282 valence electrons. The lowest BCUT2D eigenvalue weighted by Crippen LogP contribution is -2.31. The van der Waals surface area contributed by atoms with Gasteiger partial charge in [0.05, 0.1) is 60.8 Å². The van der Waals surface area contributed by atoms with Gasteiger partial charge in [0, 0.05) is 29.8 Å². The van der Waals surface area contributed by atoms with E-state index >= 15 is 0 Å². The number of rotatable bonds is 10. The molecule has 0 fully saturated rings. The molecule has 0 atom stereocenters. The number of nitrogens with one attached hydrogen (secondary N) is 1. The van der Waals surface area contributed by atoms with Crippen LogP contribution < -0.4 is 9.03 Å². The van der Waals surface area contributed by atoms with Crippen molar-refractivity contribution < 1.29 is 25.3 Å². The molecule has 0 unspecified atom stereocenters. The average Bonchev–Trinajstić information content (AvgIpc) is 3.14. The molecule has 16 nitrogen and oxygen atoms in total. The van der Waals surface area contributed by atoms with E-state index in [1.54, 1.807) is 42.7 Å². The first kappa shape index (κ1) is 41.1. The molecule has 6 aromatic rings. The lowest BCUT2D eigenvalue weighted by Gasteiger charge is -2.19. The molecule has 1 N–H and O–H groups in total. The first-order valence-corrected chi connectivity index (χ1v) is 21.6. The molecule has 0 saturated carbocycles. The summed E-state index contributed by atoms with van der Waals surface area (Å²) in [5.41, 5.74) is 6.14. The second-order valence-corrected chi connectivity index (χ2v) is 17.3. The van der Waals surface area contributed by atoms with Gasteiger partial charge in [0.1, 0.15) is 0 Å². The third-order valence-electron chi connectivity index (χ3n) is 7.16. The normalized spacial score (nSPS) is 11.4. The Kier molecular flexibility index (Phi) is 14.0. The first-order valence-electron chi connectivity index (χ1n) is 15.9. The second kappa shape index (κ2) is 18.4. The van der Waals surface area contributed by atoms with Crippen molar-refractivity contribution in [3.63, 3.8) is 0 Å². The van der Waals surface area contributed by atoms with Gasteiger partial charge in [0.2, 0.25) is 29.9 Å². The van der Waals surface area contributed by atoms with E-state index < -0.39 is 29.9 Å². The van der Waals surface area contributed by atoms with E-state index in [9.17, 15) is 25.3 Å². The van der Waals surface area contributed by atoms with Crippen LogP contribution in [-0.2, 0) is 43.0 Å². The summed E-state index contributed by atoms with van der Waals surface area (Å²) in [7, 11) is -10.1. The molecule has 0 bridgehead atoms. The molecule has 0 aliphatic heterocycles. The molecule has 0 aliphatic rings. The van der Waals surface area contributed by atoms with Crippen LogP contribution in [-0.4, -0.2) is 84.4 Å². The highest BCUT2D eigenvalue weighted by Crippen LogP contribution is 2.23. The van der Waals surface area contributed by atoms with Crippen molar-refractivity contribution >= 4 is 35.8 Å². The highest BCUT2D eigenvalue weighted by atomic mass is 32.2. The number of sulfone groups is 1. The van der Waals surface area contributed by atoms with Crippen LogP contribution in [0.15, 0.2) is 115 Å². The summed E-state index contributed by atoms with van der Waals surface area (Å²) >= 11 is 0. The Hall–Kier alpha value is -5.63. The molecule has 4 aromatic heterocycles. The topological polar surface area (TPSA) is 221 Å². The van der Waals surface area contributed by atoms with E-state index in [0.717, 1.165) is 45.3 Å². The lowest BCUT2D eigenvalue weighted by atomic mass is 10.1. The molecular formula is C35H38N10O6S3. The van der Waals surface area contributed by atoms with Gasteiger partial charge >= 0.3 is 0 Å². The Bertz CT molecular complexity index is 2490. The van der Waals surface area contributed by atoms with Gasteiger partial charge in [-0.05, 0) is 49.2 Å². The van der Waals surface area contributed by atoms with E-state index in [4.69, 9.17) is 0 Å². The fourth-order valence-corrected chi connectivity index (χ4v) is 6.12. The number of hydrogen-bond donors (Lipinski definition) is 1. The minimum atomic E-state index is -3.60. The summed E-state index contributed by atoms with van der Waals surface area (Å²) in [6.45, 7) is 4.18. The predicted octanol–water partition coefficient (Wildman–Crippen LogP) is 3.59. The number of anilines is 1. The van der Waals surface area contributed by atoms with Crippen molar-refractivity contribution in [1.29, 1.82) is 0 Å². The van der Waals surface area contributed by atoms with Gasteiger partial charge in [-0.15, -0.1) is 10.2 Å². The van der Waals surface area contributed by atoms with E-state index in [1.165, 1.54) is 12.4 Å². The van der Waals surface area contributed by atoms with Crippen molar-refractivity contribution in [3.8, 4) is 22.5 Å².